The van der Waals surface area contributed by atoms with E-state index in [0.29, 0.717) is 6.54 Å². The Labute approximate surface area is 129 Å². The van der Waals surface area contributed by atoms with Crippen LogP contribution >= 0.6 is 0 Å². The number of hydrogen-bond acceptors (Lipinski definition) is 1. The molecule has 114 valence electrons. The second kappa shape index (κ2) is 6.18. The molecule has 3 rings (SSSR count). The van der Waals surface area contributed by atoms with Crippen molar-refractivity contribution in [3.63, 3.8) is 0 Å². The second-order valence-electron chi connectivity index (χ2n) is 5.65. The molecule has 0 unspecified atom stereocenters. The van der Waals surface area contributed by atoms with Crippen molar-refractivity contribution in [2.45, 2.75) is 25.8 Å². The molecule has 1 fully saturated rings. The fraction of sp³-hybridized carbons (Fsp3) is 0.278. The molecule has 0 saturated carbocycles. The molecule has 22 heavy (non-hydrogen) atoms. The molecule has 1 atom stereocenters. The number of anilines is 1. The van der Waals surface area contributed by atoms with E-state index >= 15 is 0 Å². The van der Waals surface area contributed by atoms with Crippen LogP contribution in [0.3, 0.4) is 0 Å². The third-order valence-electron chi connectivity index (χ3n) is 4.13. The van der Waals surface area contributed by atoms with Crippen LogP contribution in [-0.2, 0) is 0 Å². The highest BCUT2D eigenvalue weighted by atomic mass is 19.1. The first-order chi connectivity index (χ1) is 10.6. The zero-order valence-electron chi connectivity index (χ0n) is 12.6. The molecule has 0 aliphatic carbocycles. The summed E-state index contributed by atoms with van der Waals surface area (Å²) in [6.07, 6.45) is 1.80. The van der Waals surface area contributed by atoms with Gasteiger partial charge in [-0.05, 0) is 49.1 Å². The maximum Gasteiger partial charge on any atom is 0.322 e. The lowest BCUT2D eigenvalue weighted by atomic mass is 10.0. The van der Waals surface area contributed by atoms with Crippen LogP contribution in [0, 0.1) is 12.7 Å². The highest BCUT2D eigenvalue weighted by Gasteiger charge is 2.30. The van der Waals surface area contributed by atoms with E-state index < -0.39 is 0 Å². The number of nitrogens with zero attached hydrogens (tertiary/aromatic N) is 1. The minimum Gasteiger partial charge on any atom is -0.317 e. The standard InChI is InChI=1S/C18H19FN2O/c1-13-6-2-3-9-16(13)20-18(22)21-11-5-10-17(21)14-7-4-8-15(19)12-14/h2-4,6-9,12,17H,5,10-11H2,1H3,(H,20,22)/t17-/m0/s1. The summed E-state index contributed by atoms with van der Waals surface area (Å²) in [6, 6.07) is 14.0. The number of carbonyl (C=O) groups is 1. The Morgan fingerprint density at radius 2 is 2.05 bits per heavy atom. The Hall–Kier alpha value is -2.36. The minimum absolute atomic E-state index is 0.0558. The van der Waals surface area contributed by atoms with Gasteiger partial charge in [-0.25, -0.2) is 9.18 Å². The number of benzene rings is 2. The lowest BCUT2D eigenvalue weighted by Gasteiger charge is -2.25. The van der Waals surface area contributed by atoms with Crippen molar-refractivity contribution in [2.24, 2.45) is 0 Å². The number of urea groups is 1. The van der Waals surface area contributed by atoms with Crippen LogP contribution in [0.15, 0.2) is 48.5 Å². The summed E-state index contributed by atoms with van der Waals surface area (Å²) in [5.41, 5.74) is 2.70. The van der Waals surface area contributed by atoms with E-state index in [9.17, 15) is 9.18 Å². The van der Waals surface area contributed by atoms with Crippen molar-refractivity contribution in [1.29, 1.82) is 0 Å². The molecule has 0 bridgehead atoms. The van der Waals surface area contributed by atoms with Gasteiger partial charge in [-0.3, -0.25) is 0 Å². The van der Waals surface area contributed by atoms with E-state index in [0.717, 1.165) is 29.7 Å². The van der Waals surface area contributed by atoms with Crippen LogP contribution in [-0.4, -0.2) is 17.5 Å². The zero-order chi connectivity index (χ0) is 15.5. The van der Waals surface area contributed by atoms with Crippen LogP contribution < -0.4 is 5.32 Å². The molecule has 0 spiro atoms. The minimum atomic E-state index is -0.260. The van der Waals surface area contributed by atoms with Gasteiger partial charge in [-0.2, -0.15) is 0 Å². The lowest BCUT2D eigenvalue weighted by Crippen LogP contribution is -2.34. The SMILES string of the molecule is Cc1ccccc1NC(=O)N1CCC[C@H]1c1cccc(F)c1. The van der Waals surface area contributed by atoms with Gasteiger partial charge in [-0.1, -0.05) is 30.3 Å². The molecular formula is C18H19FN2O. The second-order valence-corrected chi connectivity index (χ2v) is 5.65. The molecule has 2 aromatic rings. The number of amides is 2. The zero-order valence-corrected chi connectivity index (χ0v) is 12.6. The fourth-order valence-corrected chi connectivity index (χ4v) is 2.97. The Kier molecular flexibility index (Phi) is 4.09. The van der Waals surface area contributed by atoms with Crippen molar-refractivity contribution in [3.05, 3.63) is 65.5 Å². The summed E-state index contributed by atoms with van der Waals surface area (Å²) < 4.78 is 13.4. The highest BCUT2D eigenvalue weighted by Crippen LogP contribution is 2.32. The maximum absolute atomic E-state index is 13.4. The number of hydrogen-bond donors (Lipinski definition) is 1. The molecule has 1 aliphatic heterocycles. The third-order valence-corrected chi connectivity index (χ3v) is 4.13. The first-order valence-electron chi connectivity index (χ1n) is 7.54. The Morgan fingerprint density at radius 1 is 1.23 bits per heavy atom. The molecule has 2 amide bonds. The number of nitrogens with one attached hydrogen (secondary N) is 1. The Balaban J connectivity index is 1.78. The summed E-state index contributed by atoms with van der Waals surface area (Å²) in [5.74, 6) is -0.260. The van der Waals surface area contributed by atoms with Crippen molar-refractivity contribution in [3.8, 4) is 0 Å². The van der Waals surface area contributed by atoms with Gasteiger partial charge >= 0.3 is 6.03 Å². The van der Waals surface area contributed by atoms with Gasteiger partial charge in [0.2, 0.25) is 0 Å². The van der Waals surface area contributed by atoms with Crippen molar-refractivity contribution in [2.75, 3.05) is 11.9 Å². The van der Waals surface area contributed by atoms with Crippen LogP contribution in [0.25, 0.3) is 0 Å². The first kappa shape index (κ1) is 14.6. The monoisotopic (exact) mass is 298 g/mol. The van der Waals surface area contributed by atoms with E-state index in [-0.39, 0.29) is 17.9 Å². The third kappa shape index (κ3) is 2.96. The van der Waals surface area contributed by atoms with E-state index in [2.05, 4.69) is 5.32 Å². The van der Waals surface area contributed by atoms with E-state index in [1.807, 2.05) is 37.3 Å². The van der Waals surface area contributed by atoms with E-state index in [4.69, 9.17) is 0 Å². The molecule has 0 aromatic heterocycles. The van der Waals surface area contributed by atoms with Crippen molar-refractivity contribution < 1.29 is 9.18 Å². The smallest absolute Gasteiger partial charge is 0.317 e. The molecule has 1 aliphatic rings. The number of para-hydroxylation sites is 1. The number of likely N-dealkylation sites (tertiary alicyclic amines) is 1. The van der Waals surface area contributed by atoms with Crippen molar-refractivity contribution in [1.82, 2.24) is 4.90 Å². The molecule has 2 aromatic carbocycles. The van der Waals surface area contributed by atoms with Gasteiger partial charge in [0.1, 0.15) is 5.82 Å². The van der Waals surface area contributed by atoms with Crippen LogP contribution in [0.5, 0.6) is 0 Å². The predicted molar refractivity (Wildman–Crippen MR) is 85.3 cm³/mol. The number of rotatable bonds is 2. The van der Waals surface area contributed by atoms with Gasteiger partial charge < -0.3 is 10.2 Å². The predicted octanol–water partition coefficient (Wildman–Crippen LogP) is 4.50. The summed E-state index contributed by atoms with van der Waals surface area (Å²) in [4.78, 5) is 14.3. The topological polar surface area (TPSA) is 32.3 Å². The summed E-state index contributed by atoms with van der Waals surface area (Å²) in [5, 5.41) is 2.96. The van der Waals surface area contributed by atoms with Crippen LogP contribution in [0.1, 0.15) is 30.0 Å². The summed E-state index contributed by atoms with van der Waals surface area (Å²) in [7, 11) is 0. The number of halogens is 1. The van der Waals surface area contributed by atoms with Crippen LogP contribution in [0.2, 0.25) is 0 Å². The van der Waals surface area contributed by atoms with E-state index in [1.54, 1.807) is 11.0 Å². The number of carbonyl (C=O) groups excluding carboxylic acids is 1. The van der Waals surface area contributed by atoms with Gasteiger partial charge in [0.25, 0.3) is 0 Å². The molecule has 1 N–H and O–H groups in total. The Morgan fingerprint density at radius 3 is 2.82 bits per heavy atom. The quantitative estimate of drug-likeness (QED) is 0.869. The summed E-state index contributed by atoms with van der Waals surface area (Å²) >= 11 is 0. The molecular weight excluding hydrogens is 279 g/mol. The molecule has 3 nitrogen and oxygen atoms in total. The van der Waals surface area contributed by atoms with Gasteiger partial charge in [-0.15, -0.1) is 0 Å². The van der Waals surface area contributed by atoms with E-state index in [1.165, 1.54) is 12.1 Å². The number of aryl methyl sites for hydroxylation is 1. The van der Waals surface area contributed by atoms with Gasteiger partial charge in [0.15, 0.2) is 0 Å². The molecule has 0 radical (unpaired) electrons. The normalized spacial score (nSPS) is 17.5. The maximum atomic E-state index is 13.4. The van der Waals surface area contributed by atoms with Crippen molar-refractivity contribution >= 4 is 11.7 Å². The summed E-state index contributed by atoms with van der Waals surface area (Å²) in [6.45, 7) is 2.66. The fourth-order valence-electron chi connectivity index (χ4n) is 2.97. The largest absolute Gasteiger partial charge is 0.322 e. The average molecular weight is 298 g/mol. The van der Waals surface area contributed by atoms with Crippen LogP contribution in [0.4, 0.5) is 14.9 Å². The molecule has 4 heteroatoms. The lowest BCUT2D eigenvalue weighted by molar-refractivity contribution is 0.207. The van der Waals surface area contributed by atoms with Gasteiger partial charge in [0, 0.05) is 12.2 Å². The first-order valence-corrected chi connectivity index (χ1v) is 7.54. The Bertz CT molecular complexity index is 686. The highest BCUT2D eigenvalue weighted by molar-refractivity contribution is 5.90. The van der Waals surface area contributed by atoms with Gasteiger partial charge in [0.05, 0.1) is 6.04 Å². The molecule has 1 saturated heterocycles. The molecule has 1 heterocycles. The average Bonchev–Trinajstić information content (AvgIpc) is 2.99.